The second-order valence-corrected chi connectivity index (χ2v) is 6.45. The van der Waals surface area contributed by atoms with Crippen LogP contribution in [0.5, 0.6) is 0 Å². The van der Waals surface area contributed by atoms with Crippen LogP contribution in [0.15, 0.2) is 35.2 Å². The van der Waals surface area contributed by atoms with E-state index in [4.69, 9.17) is 28.9 Å². The van der Waals surface area contributed by atoms with Gasteiger partial charge < -0.3 is 5.73 Å². The number of rotatable bonds is 3. The van der Waals surface area contributed by atoms with Crippen LogP contribution in [0.1, 0.15) is 0 Å². The minimum atomic E-state index is -4.39. The highest BCUT2D eigenvalue weighted by molar-refractivity contribution is 7.93. The van der Waals surface area contributed by atoms with Crippen molar-refractivity contribution in [1.29, 1.82) is 0 Å². The molecule has 4 nitrogen and oxygen atoms in total. The molecule has 2 rings (SSSR count). The summed E-state index contributed by atoms with van der Waals surface area (Å²) in [6.45, 7) is 0. The van der Waals surface area contributed by atoms with E-state index in [1.807, 2.05) is 0 Å². The molecule has 21 heavy (non-hydrogen) atoms. The van der Waals surface area contributed by atoms with E-state index in [2.05, 4.69) is 0 Å². The number of hydrogen-bond acceptors (Lipinski definition) is 3. The zero-order valence-electron chi connectivity index (χ0n) is 10.2. The molecule has 3 N–H and O–H groups in total. The summed E-state index contributed by atoms with van der Waals surface area (Å²) in [5, 5.41) is -0.520. The predicted octanol–water partition coefficient (Wildman–Crippen LogP) is 3.65. The van der Waals surface area contributed by atoms with Crippen molar-refractivity contribution in [3.63, 3.8) is 0 Å². The number of halogens is 4. The zero-order valence-corrected chi connectivity index (χ0v) is 12.5. The molecule has 0 saturated heterocycles. The van der Waals surface area contributed by atoms with Crippen molar-refractivity contribution in [2.24, 2.45) is 0 Å². The van der Waals surface area contributed by atoms with Gasteiger partial charge in [-0.2, -0.15) is 0 Å². The number of nitrogens with two attached hydrogens (primary N) is 1. The Morgan fingerprint density at radius 3 is 2.00 bits per heavy atom. The first-order valence-corrected chi connectivity index (χ1v) is 7.67. The summed E-state index contributed by atoms with van der Waals surface area (Å²) in [6.07, 6.45) is 0. The molecule has 0 unspecified atom stereocenters. The van der Waals surface area contributed by atoms with Crippen molar-refractivity contribution in [3.8, 4) is 0 Å². The number of nitrogen functional groups attached to an aromatic ring is 1. The van der Waals surface area contributed by atoms with Crippen molar-refractivity contribution < 1.29 is 17.2 Å². The van der Waals surface area contributed by atoms with Crippen LogP contribution in [0.2, 0.25) is 10.0 Å². The van der Waals surface area contributed by atoms with E-state index in [1.54, 1.807) is 4.72 Å². The van der Waals surface area contributed by atoms with E-state index in [-0.39, 0.29) is 15.7 Å². The highest BCUT2D eigenvalue weighted by atomic mass is 35.5. The van der Waals surface area contributed by atoms with Crippen LogP contribution < -0.4 is 10.5 Å². The van der Waals surface area contributed by atoms with Crippen LogP contribution in [0.25, 0.3) is 0 Å². The van der Waals surface area contributed by atoms with Gasteiger partial charge in [-0.05, 0) is 24.3 Å². The molecule has 0 radical (unpaired) electrons. The maximum absolute atomic E-state index is 13.5. The molecule has 0 heterocycles. The normalized spacial score (nSPS) is 11.4. The van der Waals surface area contributed by atoms with E-state index in [0.717, 1.165) is 18.2 Å². The fourth-order valence-corrected chi connectivity index (χ4v) is 3.93. The quantitative estimate of drug-likeness (QED) is 0.828. The molecule has 0 spiro atoms. The molecule has 0 amide bonds. The Balaban J connectivity index is 2.54. The van der Waals surface area contributed by atoms with E-state index < -0.39 is 32.2 Å². The Hall–Kier alpha value is -1.57. The van der Waals surface area contributed by atoms with Crippen molar-refractivity contribution in [2.75, 3.05) is 10.5 Å². The van der Waals surface area contributed by atoms with Crippen LogP contribution in [0.4, 0.5) is 20.2 Å². The average Bonchev–Trinajstić information content (AvgIpc) is 2.32. The average molecular weight is 353 g/mol. The Labute approximate surface area is 129 Å². The van der Waals surface area contributed by atoms with Gasteiger partial charge in [-0.3, -0.25) is 4.72 Å². The SMILES string of the molecule is Nc1cc(Cl)c(S(=O)(=O)Nc2c(F)cccc2F)c(Cl)c1. The van der Waals surface area contributed by atoms with E-state index in [1.165, 1.54) is 12.1 Å². The van der Waals surface area contributed by atoms with Crippen molar-refractivity contribution >= 4 is 44.6 Å². The smallest absolute Gasteiger partial charge is 0.265 e. The maximum atomic E-state index is 13.5. The molecule has 112 valence electrons. The summed E-state index contributed by atoms with van der Waals surface area (Å²) in [5.41, 5.74) is 4.80. The number of para-hydroxylation sites is 1. The molecule has 2 aromatic carbocycles. The van der Waals surface area contributed by atoms with E-state index in [9.17, 15) is 17.2 Å². The number of sulfonamides is 1. The molecule has 9 heteroatoms. The zero-order chi connectivity index (χ0) is 15.8. The third-order valence-electron chi connectivity index (χ3n) is 2.49. The Bertz CT molecular complexity index is 770. The third-order valence-corrected chi connectivity index (χ3v) is 4.76. The summed E-state index contributed by atoms with van der Waals surface area (Å²) < 4.78 is 53.2. The summed E-state index contributed by atoms with van der Waals surface area (Å²) in [7, 11) is -4.39. The van der Waals surface area contributed by atoms with E-state index >= 15 is 0 Å². The predicted molar refractivity (Wildman–Crippen MR) is 78.0 cm³/mol. The van der Waals surface area contributed by atoms with Crippen LogP contribution >= 0.6 is 23.2 Å². The number of benzene rings is 2. The Morgan fingerprint density at radius 1 is 1.05 bits per heavy atom. The molecular formula is C12H8Cl2F2N2O2S. The van der Waals surface area contributed by atoms with Gasteiger partial charge in [0.05, 0.1) is 10.0 Å². The molecular weight excluding hydrogens is 345 g/mol. The molecule has 2 aromatic rings. The molecule has 0 atom stereocenters. The highest BCUT2D eigenvalue weighted by Gasteiger charge is 2.25. The van der Waals surface area contributed by atoms with Gasteiger partial charge in [-0.15, -0.1) is 0 Å². The highest BCUT2D eigenvalue weighted by Crippen LogP contribution is 2.33. The van der Waals surface area contributed by atoms with Gasteiger partial charge in [0.2, 0.25) is 0 Å². The van der Waals surface area contributed by atoms with Gasteiger partial charge in [-0.25, -0.2) is 17.2 Å². The standard InChI is InChI=1S/C12H8Cl2F2N2O2S/c13-7-4-6(17)5-8(14)12(7)21(19,20)18-11-9(15)2-1-3-10(11)16/h1-5,18H,17H2. The number of hydrogen-bond donors (Lipinski definition) is 2. The molecule has 0 aliphatic carbocycles. The minimum Gasteiger partial charge on any atom is -0.399 e. The van der Waals surface area contributed by atoms with Gasteiger partial charge >= 0.3 is 0 Å². The fourth-order valence-electron chi connectivity index (χ4n) is 1.62. The van der Waals surface area contributed by atoms with Crippen LogP contribution in [0, 0.1) is 11.6 Å². The lowest BCUT2D eigenvalue weighted by molar-refractivity contribution is 0.583. The molecule has 0 aliphatic rings. The first-order chi connectivity index (χ1) is 9.72. The molecule has 0 fully saturated rings. The summed E-state index contributed by atoms with van der Waals surface area (Å²) >= 11 is 11.6. The van der Waals surface area contributed by atoms with Gasteiger partial charge in [0.15, 0.2) is 0 Å². The maximum Gasteiger partial charge on any atom is 0.265 e. The summed E-state index contributed by atoms with van der Waals surface area (Å²) in [6, 6.07) is 5.26. The Morgan fingerprint density at radius 2 is 1.52 bits per heavy atom. The largest absolute Gasteiger partial charge is 0.399 e. The minimum absolute atomic E-state index is 0.154. The van der Waals surface area contributed by atoms with Crippen molar-refractivity contribution in [2.45, 2.75) is 4.90 Å². The van der Waals surface area contributed by atoms with Gasteiger partial charge in [0.25, 0.3) is 10.0 Å². The topological polar surface area (TPSA) is 72.2 Å². The summed E-state index contributed by atoms with van der Waals surface area (Å²) in [4.78, 5) is -0.511. The second kappa shape index (κ2) is 5.67. The number of nitrogens with one attached hydrogen (secondary N) is 1. The molecule has 0 aliphatic heterocycles. The Kier molecular flexibility index (Phi) is 4.27. The van der Waals surface area contributed by atoms with Crippen LogP contribution in [-0.2, 0) is 10.0 Å². The van der Waals surface area contributed by atoms with Crippen molar-refractivity contribution in [1.82, 2.24) is 0 Å². The monoisotopic (exact) mass is 352 g/mol. The molecule has 0 aromatic heterocycles. The third kappa shape index (κ3) is 3.20. The van der Waals surface area contributed by atoms with Gasteiger partial charge in [0, 0.05) is 5.69 Å². The molecule has 0 bridgehead atoms. The molecule has 0 saturated carbocycles. The van der Waals surface area contributed by atoms with E-state index in [0.29, 0.717) is 0 Å². The van der Waals surface area contributed by atoms with Gasteiger partial charge in [-0.1, -0.05) is 29.3 Å². The second-order valence-electron chi connectivity index (χ2n) is 4.02. The van der Waals surface area contributed by atoms with Crippen molar-refractivity contribution in [3.05, 3.63) is 52.0 Å². The first kappa shape index (κ1) is 15.8. The fraction of sp³-hybridized carbons (Fsp3) is 0. The van der Waals surface area contributed by atoms with Gasteiger partial charge in [0.1, 0.15) is 22.2 Å². The van der Waals surface area contributed by atoms with Crippen LogP contribution in [-0.4, -0.2) is 8.42 Å². The van der Waals surface area contributed by atoms with Crippen LogP contribution in [0.3, 0.4) is 0 Å². The lowest BCUT2D eigenvalue weighted by atomic mass is 10.3. The summed E-state index contributed by atoms with van der Waals surface area (Å²) in [5.74, 6) is -2.14. The first-order valence-electron chi connectivity index (χ1n) is 5.43. The number of anilines is 2. The lowest BCUT2D eigenvalue weighted by Gasteiger charge is -2.12. The lowest BCUT2D eigenvalue weighted by Crippen LogP contribution is -2.16.